The molecule has 18 heavy (non-hydrogen) atoms. The van der Waals surface area contributed by atoms with Crippen LogP contribution in [-0.4, -0.2) is 49.1 Å². The average Bonchev–Trinajstić information content (AvgIpc) is 2.87. The van der Waals surface area contributed by atoms with Gasteiger partial charge in [0.2, 0.25) is 0 Å². The summed E-state index contributed by atoms with van der Waals surface area (Å²) in [7, 11) is 4.22. The van der Waals surface area contributed by atoms with Gasteiger partial charge in [-0.2, -0.15) is 4.37 Å². The number of nitrogen functional groups attached to an aromatic ring is 1. The largest absolute Gasteiger partial charge is 0.487 e. The highest BCUT2D eigenvalue weighted by Crippen LogP contribution is 2.41. The normalized spacial score (nSPS) is 19.8. The van der Waals surface area contributed by atoms with Crippen molar-refractivity contribution in [1.29, 1.82) is 0 Å². The Bertz CT molecular complexity index is 393. The van der Waals surface area contributed by atoms with Crippen molar-refractivity contribution >= 4 is 22.4 Å². The number of hydrogen-bond donors (Lipinski definition) is 1. The van der Waals surface area contributed by atoms with Gasteiger partial charge in [-0.3, -0.25) is 0 Å². The van der Waals surface area contributed by atoms with Crippen molar-refractivity contribution in [2.45, 2.75) is 25.8 Å². The van der Waals surface area contributed by atoms with Gasteiger partial charge in [0.05, 0.1) is 6.61 Å². The summed E-state index contributed by atoms with van der Waals surface area (Å²) < 4.78 is 9.87. The van der Waals surface area contributed by atoms with Crippen molar-refractivity contribution < 1.29 is 4.74 Å². The first kappa shape index (κ1) is 13.4. The van der Waals surface area contributed by atoms with E-state index in [0.717, 1.165) is 23.8 Å². The number of nitrogens with two attached hydrogens (primary N) is 1. The van der Waals surface area contributed by atoms with Crippen LogP contribution in [0.25, 0.3) is 0 Å². The molecule has 1 aliphatic rings. The van der Waals surface area contributed by atoms with Crippen LogP contribution in [-0.2, 0) is 0 Å². The van der Waals surface area contributed by atoms with Gasteiger partial charge in [-0.05, 0) is 45.4 Å². The summed E-state index contributed by atoms with van der Waals surface area (Å²) in [6.45, 7) is 4.73. The molecule has 0 amide bonds. The zero-order valence-corrected chi connectivity index (χ0v) is 12.2. The zero-order valence-electron chi connectivity index (χ0n) is 11.3. The molecule has 0 bridgehead atoms. The van der Waals surface area contributed by atoms with Crippen molar-refractivity contribution in [3.63, 3.8) is 0 Å². The molecule has 0 spiro atoms. The van der Waals surface area contributed by atoms with Gasteiger partial charge in [-0.15, -0.1) is 0 Å². The monoisotopic (exact) mass is 270 g/mol. The molecule has 1 fully saturated rings. The summed E-state index contributed by atoms with van der Waals surface area (Å²) in [5.41, 5.74) is 5.88. The Kier molecular flexibility index (Phi) is 4.29. The summed E-state index contributed by atoms with van der Waals surface area (Å²) in [4.78, 5) is 4.63. The number of ether oxygens (including phenoxy) is 1. The molecule has 1 unspecified atom stereocenters. The minimum Gasteiger partial charge on any atom is -0.487 e. The summed E-state index contributed by atoms with van der Waals surface area (Å²) in [6.07, 6.45) is 2.45. The summed E-state index contributed by atoms with van der Waals surface area (Å²) in [5.74, 6) is 1.29. The number of likely N-dealkylation sites (N-methyl/N-ethyl adjacent to an activating group) is 1. The van der Waals surface area contributed by atoms with Crippen molar-refractivity contribution in [3.8, 4) is 5.75 Å². The van der Waals surface area contributed by atoms with Gasteiger partial charge >= 0.3 is 0 Å². The first-order chi connectivity index (χ1) is 8.63. The predicted molar refractivity (Wildman–Crippen MR) is 76.6 cm³/mol. The van der Waals surface area contributed by atoms with Crippen LogP contribution in [0.2, 0.25) is 0 Å². The number of aromatic nitrogens is 1. The molecule has 2 rings (SSSR count). The Morgan fingerprint density at radius 2 is 2.33 bits per heavy atom. The van der Waals surface area contributed by atoms with Gasteiger partial charge in [0, 0.05) is 19.1 Å². The van der Waals surface area contributed by atoms with Crippen molar-refractivity contribution in [2.24, 2.45) is 0 Å². The molecule has 1 aliphatic heterocycles. The van der Waals surface area contributed by atoms with Crippen LogP contribution in [0.4, 0.5) is 10.8 Å². The topological polar surface area (TPSA) is 54.6 Å². The fraction of sp³-hybridized carbons (Fsp3) is 0.750. The first-order valence-electron chi connectivity index (χ1n) is 6.42. The highest BCUT2D eigenvalue weighted by atomic mass is 32.1. The quantitative estimate of drug-likeness (QED) is 0.882. The van der Waals surface area contributed by atoms with E-state index in [1.165, 1.54) is 24.4 Å². The molecule has 2 heterocycles. The minimum absolute atomic E-state index is 0.521. The van der Waals surface area contributed by atoms with E-state index in [2.05, 4.69) is 28.3 Å². The van der Waals surface area contributed by atoms with Crippen molar-refractivity contribution in [3.05, 3.63) is 0 Å². The van der Waals surface area contributed by atoms with E-state index in [0.29, 0.717) is 18.5 Å². The van der Waals surface area contributed by atoms with E-state index < -0.39 is 0 Å². The lowest BCUT2D eigenvalue weighted by Gasteiger charge is -2.28. The standard InChI is InChI=1S/C12H22N4OS/c1-4-17-10-11(13)14-18-12(10)16-7-5-6-9(16)8-15(2)3/h9H,4-8H2,1-3H3,(H2,13,14). The van der Waals surface area contributed by atoms with E-state index in [1.54, 1.807) is 0 Å². The molecule has 0 radical (unpaired) electrons. The molecule has 1 atom stereocenters. The van der Waals surface area contributed by atoms with Crippen LogP contribution >= 0.6 is 11.5 Å². The van der Waals surface area contributed by atoms with Crippen molar-refractivity contribution in [2.75, 3.05) is 44.4 Å². The molecule has 2 N–H and O–H groups in total. The number of rotatable bonds is 5. The predicted octanol–water partition coefficient (Wildman–Crippen LogP) is 1.65. The molecule has 5 nitrogen and oxygen atoms in total. The third-order valence-corrected chi connectivity index (χ3v) is 4.04. The van der Waals surface area contributed by atoms with Gasteiger partial charge in [0.15, 0.2) is 16.6 Å². The molecule has 102 valence electrons. The fourth-order valence-electron chi connectivity index (χ4n) is 2.46. The number of anilines is 2. The highest BCUT2D eigenvalue weighted by molar-refractivity contribution is 7.11. The smallest absolute Gasteiger partial charge is 0.197 e. The molecule has 0 aliphatic carbocycles. The molecule has 1 saturated heterocycles. The molecular weight excluding hydrogens is 248 g/mol. The van der Waals surface area contributed by atoms with Gasteiger partial charge < -0.3 is 20.3 Å². The molecular formula is C12H22N4OS. The lowest BCUT2D eigenvalue weighted by Crippen LogP contribution is -2.37. The third kappa shape index (κ3) is 2.70. The van der Waals surface area contributed by atoms with Crippen LogP contribution < -0.4 is 15.4 Å². The first-order valence-corrected chi connectivity index (χ1v) is 7.20. The summed E-state index contributed by atoms with van der Waals surface area (Å²) >= 11 is 1.45. The molecule has 1 aromatic rings. The van der Waals surface area contributed by atoms with Gasteiger partial charge in [-0.25, -0.2) is 0 Å². The third-order valence-electron chi connectivity index (χ3n) is 3.16. The Labute approximate surface area is 113 Å². The fourth-order valence-corrected chi connectivity index (χ4v) is 3.32. The SMILES string of the molecule is CCOc1c(N)nsc1N1CCCC1CN(C)C. The van der Waals surface area contributed by atoms with E-state index in [-0.39, 0.29) is 0 Å². The van der Waals surface area contributed by atoms with Crippen LogP contribution in [0.1, 0.15) is 19.8 Å². The van der Waals surface area contributed by atoms with Crippen LogP contribution in [0, 0.1) is 0 Å². The van der Waals surface area contributed by atoms with Gasteiger partial charge in [0.25, 0.3) is 0 Å². The molecule has 6 heteroatoms. The second-order valence-corrected chi connectivity index (χ2v) is 5.64. The Morgan fingerprint density at radius 1 is 1.56 bits per heavy atom. The summed E-state index contributed by atoms with van der Waals surface area (Å²) in [5, 5.41) is 1.10. The van der Waals surface area contributed by atoms with E-state index in [1.807, 2.05) is 6.92 Å². The van der Waals surface area contributed by atoms with Crippen LogP contribution in [0.15, 0.2) is 0 Å². The van der Waals surface area contributed by atoms with Crippen LogP contribution in [0.3, 0.4) is 0 Å². The van der Waals surface area contributed by atoms with Crippen molar-refractivity contribution in [1.82, 2.24) is 9.27 Å². The van der Waals surface area contributed by atoms with Gasteiger partial charge in [0.1, 0.15) is 0 Å². The zero-order chi connectivity index (χ0) is 13.1. The van der Waals surface area contributed by atoms with E-state index >= 15 is 0 Å². The lowest BCUT2D eigenvalue weighted by molar-refractivity contribution is 0.340. The minimum atomic E-state index is 0.521. The number of hydrogen-bond acceptors (Lipinski definition) is 6. The molecule has 0 aromatic carbocycles. The maximum absolute atomic E-state index is 5.88. The van der Waals surface area contributed by atoms with E-state index in [4.69, 9.17) is 10.5 Å². The second-order valence-electron chi connectivity index (χ2n) is 4.89. The Balaban J connectivity index is 2.19. The number of nitrogens with zero attached hydrogens (tertiary/aromatic N) is 3. The summed E-state index contributed by atoms with van der Waals surface area (Å²) in [6, 6.07) is 0.541. The highest BCUT2D eigenvalue weighted by Gasteiger charge is 2.30. The lowest BCUT2D eigenvalue weighted by atomic mass is 10.2. The molecule has 0 saturated carbocycles. The Morgan fingerprint density at radius 3 is 3.00 bits per heavy atom. The average molecular weight is 270 g/mol. The second kappa shape index (κ2) is 5.75. The van der Waals surface area contributed by atoms with Crippen LogP contribution in [0.5, 0.6) is 5.75 Å². The Hall–Kier alpha value is -1.01. The maximum Gasteiger partial charge on any atom is 0.197 e. The van der Waals surface area contributed by atoms with E-state index in [9.17, 15) is 0 Å². The van der Waals surface area contributed by atoms with Gasteiger partial charge in [-0.1, -0.05) is 0 Å². The molecule has 1 aromatic heterocycles. The maximum atomic E-state index is 5.88.